The molecule has 0 aliphatic carbocycles. The summed E-state index contributed by atoms with van der Waals surface area (Å²) in [6, 6.07) is 11.8. The third kappa shape index (κ3) is 6.67. The molecule has 0 radical (unpaired) electrons. The minimum Gasteiger partial charge on any atom is -0.494 e. The number of aromatic nitrogens is 1. The van der Waals surface area contributed by atoms with Crippen LogP contribution >= 0.6 is 0 Å². The first-order valence-corrected chi connectivity index (χ1v) is 14.7. The van der Waals surface area contributed by atoms with Gasteiger partial charge in [0, 0.05) is 50.2 Å². The minimum absolute atomic E-state index is 0.0334. The van der Waals surface area contributed by atoms with Crippen molar-refractivity contribution in [3.05, 3.63) is 52.9 Å². The van der Waals surface area contributed by atoms with Crippen LogP contribution in [-0.4, -0.2) is 73.5 Å². The maximum atomic E-state index is 12.8. The molecule has 39 heavy (non-hydrogen) atoms. The molecule has 1 amide bonds. The van der Waals surface area contributed by atoms with Crippen molar-refractivity contribution in [3.8, 4) is 5.75 Å². The van der Waals surface area contributed by atoms with Crippen LogP contribution in [0, 0.1) is 5.92 Å². The molecule has 1 aromatic heterocycles. The standard InChI is InChI=1S/C31H44N4O4/c1-24(2)34-21-27(9-12-29(34)36)35-23-31(39-22-30(35)37)13-17-33(18-14-31)26-7-10-28(11-8-26)38-19-5-16-32-15-4-6-25(3)20-32/h7-12,21,24-25H,4-6,13-20,22-23H2,1-3H3/t25-/m0/s1. The zero-order chi connectivity index (χ0) is 27.4. The van der Waals surface area contributed by atoms with Crippen LogP contribution in [-0.2, 0) is 9.53 Å². The van der Waals surface area contributed by atoms with Crippen LogP contribution in [0.4, 0.5) is 11.4 Å². The van der Waals surface area contributed by atoms with Gasteiger partial charge in [0.05, 0.1) is 24.4 Å². The molecule has 1 atom stereocenters. The smallest absolute Gasteiger partial charge is 0.253 e. The summed E-state index contributed by atoms with van der Waals surface area (Å²) in [6.45, 7) is 12.9. The van der Waals surface area contributed by atoms with Crippen LogP contribution in [0.2, 0.25) is 0 Å². The largest absolute Gasteiger partial charge is 0.494 e. The fourth-order valence-corrected chi connectivity index (χ4v) is 6.20. The maximum Gasteiger partial charge on any atom is 0.253 e. The highest BCUT2D eigenvalue weighted by atomic mass is 16.5. The number of rotatable bonds is 8. The molecule has 0 N–H and O–H groups in total. The summed E-state index contributed by atoms with van der Waals surface area (Å²) >= 11 is 0. The molecule has 0 bridgehead atoms. The third-order valence-corrected chi connectivity index (χ3v) is 8.54. The zero-order valence-electron chi connectivity index (χ0n) is 23.8. The predicted octanol–water partition coefficient (Wildman–Crippen LogP) is 4.33. The van der Waals surface area contributed by atoms with Crippen LogP contribution < -0.4 is 20.1 Å². The molecular weight excluding hydrogens is 492 g/mol. The van der Waals surface area contributed by atoms with E-state index in [2.05, 4.69) is 41.0 Å². The molecule has 212 valence electrons. The Hall–Kier alpha value is -2.84. The summed E-state index contributed by atoms with van der Waals surface area (Å²) in [7, 11) is 0. The van der Waals surface area contributed by atoms with E-state index in [9.17, 15) is 9.59 Å². The number of carbonyl (C=O) groups is 1. The van der Waals surface area contributed by atoms with Gasteiger partial charge >= 0.3 is 0 Å². The van der Waals surface area contributed by atoms with Crippen molar-refractivity contribution in [2.45, 2.75) is 64.5 Å². The van der Waals surface area contributed by atoms with Gasteiger partial charge in [0.1, 0.15) is 12.4 Å². The van der Waals surface area contributed by atoms with Gasteiger partial charge in [-0.25, -0.2) is 0 Å². The number of piperidine rings is 2. The van der Waals surface area contributed by atoms with Gasteiger partial charge in [0.15, 0.2) is 0 Å². The quantitative estimate of drug-likeness (QED) is 0.468. The summed E-state index contributed by atoms with van der Waals surface area (Å²) in [4.78, 5) is 31.8. The van der Waals surface area contributed by atoms with Gasteiger partial charge in [-0.05, 0) is 88.7 Å². The predicted molar refractivity (Wildman–Crippen MR) is 155 cm³/mol. The molecule has 5 rings (SSSR count). The highest BCUT2D eigenvalue weighted by Gasteiger charge is 2.43. The molecule has 8 nitrogen and oxygen atoms in total. The molecular formula is C31H44N4O4. The molecule has 1 spiro atoms. The Morgan fingerprint density at radius 1 is 1.03 bits per heavy atom. The average molecular weight is 537 g/mol. The highest BCUT2D eigenvalue weighted by molar-refractivity contribution is 5.95. The summed E-state index contributed by atoms with van der Waals surface area (Å²) in [6.07, 6.45) is 7.22. The Labute approximate surface area is 232 Å². The Morgan fingerprint density at radius 2 is 1.77 bits per heavy atom. The number of pyridine rings is 1. The molecule has 4 heterocycles. The Bertz CT molecular complexity index is 1170. The van der Waals surface area contributed by atoms with Crippen LogP contribution in [0.5, 0.6) is 5.75 Å². The number of hydrogen-bond donors (Lipinski definition) is 0. The van der Waals surface area contributed by atoms with E-state index >= 15 is 0 Å². The molecule has 8 heteroatoms. The van der Waals surface area contributed by atoms with Crippen LogP contribution in [0.15, 0.2) is 47.4 Å². The van der Waals surface area contributed by atoms with Crippen molar-refractivity contribution in [1.29, 1.82) is 0 Å². The number of nitrogens with zero attached hydrogens (tertiary/aromatic N) is 4. The SMILES string of the molecule is CC(C)n1cc(N2CC3(CCN(c4ccc(OCCCN5CCC[C@H](C)C5)cc4)CC3)OCC2=O)ccc1=O. The maximum absolute atomic E-state index is 12.8. The lowest BCUT2D eigenvalue weighted by Crippen LogP contribution is -2.59. The van der Waals surface area contributed by atoms with Crippen LogP contribution in [0.3, 0.4) is 0 Å². The molecule has 0 saturated carbocycles. The lowest BCUT2D eigenvalue weighted by molar-refractivity contribution is -0.141. The second-order valence-corrected chi connectivity index (χ2v) is 11.9. The molecule has 3 saturated heterocycles. The zero-order valence-corrected chi connectivity index (χ0v) is 23.8. The fourth-order valence-electron chi connectivity index (χ4n) is 6.20. The highest BCUT2D eigenvalue weighted by Crippen LogP contribution is 2.34. The molecule has 0 unspecified atom stereocenters. The lowest BCUT2D eigenvalue weighted by Gasteiger charge is -2.47. The molecule has 3 aliphatic heterocycles. The van der Waals surface area contributed by atoms with Gasteiger partial charge in [-0.2, -0.15) is 0 Å². The van der Waals surface area contributed by atoms with Crippen molar-refractivity contribution in [2.75, 3.05) is 62.3 Å². The van der Waals surface area contributed by atoms with Crippen molar-refractivity contribution in [2.24, 2.45) is 5.92 Å². The Balaban J connectivity index is 1.12. The average Bonchev–Trinajstić information content (AvgIpc) is 2.94. The summed E-state index contributed by atoms with van der Waals surface area (Å²) < 4.78 is 13.9. The summed E-state index contributed by atoms with van der Waals surface area (Å²) in [5, 5.41) is 0. The second-order valence-electron chi connectivity index (χ2n) is 11.9. The number of hydrogen-bond acceptors (Lipinski definition) is 6. The summed E-state index contributed by atoms with van der Waals surface area (Å²) in [5.41, 5.74) is 1.53. The van der Waals surface area contributed by atoms with E-state index in [0.29, 0.717) is 6.54 Å². The van der Waals surface area contributed by atoms with Crippen LogP contribution in [0.25, 0.3) is 0 Å². The van der Waals surface area contributed by atoms with Gasteiger partial charge in [-0.1, -0.05) is 6.92 Å². The first-order chi connectivity index (χ1) is 18.8. The minimum atomic E-state index is -0.363. The van der Waals surface area contributed by atoms with E-state index in [4.69, 9.17) is 9.47 Å². The first kappa shape index (κ1) is 27.7. The van der Waals surface area contributed by atoms with Gasteiger partial charge in [-0.15, -0.1) is 0 Å². The van der Waals surface area contributed by atoms with Gasteiger partial charge in [0.25, 0.3) is 11.5 Å². The van der Waals surface area contributed by atoms with E-state index in [1.54, 1.807) is 27.8 Å². The topological polar surface area (TPSA) is 67.2 Å². The number of anilines is 2. The van der Waals surface area contributed by atoms with Gasteiger partial charge < -0.3 is 28.7 Å². The third-order valence-electron chi connectivity index (χ3n) is 8.54. The Morgan fingerprint density at radius 3 is 2.49 bits per heavy atom. The van der Waals surface area contributed by atoms with E-state index in [-0.39, 0.29) is 29.7 Å². The molecule has 3 aliphatic rings. The van der Waals surface area contributed by atoms with E-state index in [1.807, 2.05) is 13.8 Å². The molecule has 1 aromatic carbocycles. The number of carbonyl (C=O) groups excluding carboxylic acids is 1. The van der Waals surface area contributed by atoms with Crippen LogP contribution in [0.1, 0.15) is 58.9 Å². The van der Waals surface area contributed by atoms with Crippen molar-refractivity contribution in [1.82, 2.24) is 9.47 Å². The van der Waals surface area contributed by atoms with Gasteiger partial charge in [0.2, 0.25) is 0 Å². The Kier molecular flexibility index (Phi) is 8.62. The normalized spacial score (nSPS) is 22.1. The van der Waals surface area contributed by atoms with E-state index in [1.165, 1.54) is 31.6 Å². The number of amides is 1. The molecule has 2 aromatic rings. The number of benzene rings is 1. The van der Waals surface area contributed by atoms with Crippen molar-refractivity contribution in [3.63, 3.8) is 0 Å². The fraction of sp³-hybridized carbons (Fsp3) is 0.613. The molecule has 3 fully saturated rings. The van der Waals surface area contributed by atoms with Crippen molar-refractivity contribution < 1.29 is 14.3 Å². The van der Waals surface area contributed by atoms with E-state index in [0.717, 1.165) is 62.9 Å². The number of ether oxygens (including phenoxy) is 2. The van der Waals surface area contributed by atoms with Crippen molar-refractivity contribution >= 4 is 17.3 Å². The van der Waals surface area contributed by atoms with Gasteiger partial charge in [-0.3, -0.25) is 9.59 Å². The number of likely N-dealkylation sites (tertiary alicyclic amines) is 1. The lowest BCUT2D eigenvalue weighted by atomic mass is 9.88. The second kappa shape index (κ2) is 12.1. The monoisotopic (exact) mass is 536 g/mol. The summed E-state index contributed by atoms with van der Waals surface area (Å²) in [5.74, 6) is 1.68. The number of morpholine rings is 1. The van der Waals surface area contributed by atoms with E-state index < -0.39 is 0 Å². The first-order valence-electron chi connectivity index (χ1n) is 14.7.